The molecule has 0 saturated carbocycles. The number of piperazine rings is 1. The van der Waals surface area contributed by atoms with Crippen LogP contribution in [0.3, 0.4) is 0 Å². The summed E-state index contributed by atoms with van der Waals surface area (Å²) in [6, 6.07) is 15.0. The first-order chi connectivity index (χ1) is 18.0. The number of rotatable bonds is 7. The van der Waals surface area contributed by atoms with E-state index < -0.39 is 21.9 Å². The van der Waals surface area contributed by atoms with E-state index in [4.69, 9.17) is 0 Å². The highest BCUT2D eigenvalue weighted by molar-refractivity contribution is 9.10. The molecular formula is C28H29BrFN3O4S. The van der Waals surface area contributed by atoms with Crippen molar-refractivity contribution in [2.75, 3.05) is 23.9 Å². The van der Waals surface area contributed by atoms with Crippen molar-refractivity contribution in [3.63, 3.8) is 0 Å². The fourth-order valence-corrected chi connectivity index (χ4v) is 6.46. The van der Waals surface area contributed by atoms with Crippen molar-refractivity contribution >= 4 is 43.5 Å². The molecule has 0 radical (unpaired) electrons. The third-order valence-corrected chi connectivity index (χ3v) is 8.85. The van der Waals surface area contributed by atoms with Gasteiger partial charge in [0, 0.05) is 30.5 Å². The molecule has 1 aliphatic heterocycles. The van der Waals surface area contributed by atoms with Gasteiger partial charge in [-0.1, -0.05) is 28.1 Å². The van der Waals surface area contributed by atoms with Crippen LogP contribution in [0.15, 0.2) is 70.0 Å². The second kappa shape index (κ2) is 11.2. The van der Waals surface area contributed by atoms with Crippen LogP contribution in [0.5, 0.6) is 0 Å². The van der Waals surface area contributed by atoms with E-state index >= 15 is 0 Å². The predicted octanol–water partition coefficient (Wildman–Crippen LogP) is 4.80. The third kappa shape index (κ3) is 5.91. The molecule has 1 aliphatic rings. The van der Waals surface area contributed by atoms with Gasteiger partial charge in [-0.15, -0.1) is 0 Å². The normalized spacial score (nSPS) is 15.8. The lowest BCUT2D eigenvalue weighted by atomic mass is 9.97. The molecule has 3 aromatic rings. The van der Waals surface area contributed by atoms with E-state index in [0.29, 0.717) is 16.8 Å². The van der Waals surface area contributed by atoms with Crippen LogP contribution in [0, 0.1) is 26.6 Å². The monoisotopic (exact) mass is 601 g/mol. The minimum Gasteiger partial charge on any atom is -0.352 e. The van der Waals surface area contributed by atoms with Crippen molar-refractivity contribution in [1.29, 1.82) is 0 Å². The largest absolute Gasteiger partial charge is 0.352 e. The van der Waals surface area contributed by atoms with Crippen molar-refractivity contribution in [2.24, 2.45) is 0 Å². The molecule has 10 heteroatoms. The zero-order valence-electron chi connectivity index (χ0n) is 21.4. The Labute approximate surface area is 230 Å². The Kier molecular flexibility index (Phi) is 8.22. The molecule has 4 rings (SSSR count). The number of benzene rings is 3. The SMILES string of the molecule is Cc1cc(C)cc(N(CCC(=O)N2CCNC(=O)C2c2ccc(F)cc2C)S(=O)(=O)c2ccc(Br)cc2)c1. The van der Waals surface area contributed by atoms with E-state index in [-0.39, 0.29) is 42.8 Å². The van der Waals surface area contributed by atoms with Gasteiger partial charge < -0.3 is 10.2 Å². The molecule has 38 heavy (non-hydrogen) atoms. The highest BCUT2D eigenvalue weighted by Crippen LogP contribution is 2.30. The average molecular weight is 603 g/mol. The number of carbonyl (C=O) groups excluding carboxylic acids is 2. The van der Waals surface area contributed by atoms with E-state index in [9.17, 15) is 22.4 Å². The quantitative estimate of drug-likeness (QED) is 0.421. The lowest BCUT2D eigenvalue weighted by Crippen LogP contribution is -2.52. The maximum atomic E-state index is 13.8. The zero-order chi connectivity index (χ0) is 27.6. The van der Waals surface area contributed by atoms with Gasteiger partial charge in [0.05, 0.1) is 10.6 Å². The number of hydrogen-bond donors (Lipinski definition) is 1. The van der Waals surface area contributed by atoms with Crippen LogP contribution in [-0.4, -0.2) is 44.8 Å². The Morgan fingerprint density at radius 1 is 1.05 bits per heavy atom. The molecule has 0 spiro atoms. The number of halogens is 2. The van der Waals surface area contributed by atoms with E-state index in [1.54, 1.807) is 31.2 Å². The van der Waals surface area contributed by atoms with Crippen molar-refractivity contribution < 1.29 is 22.4 Å². The number of amides is 2. The number of sulfonamides is 1. The van der Waals surface area contributed by atoms with E-state index in [1.807, 2.05) is 19.9 Å². The molecule has 1 fully saturated rings. The minimum absolute atomic E-state index is 0.101. The zero-order valence-corrected chi connectivity index (χ0v) is 23.8. The van der Waals surface area contributed by atoms with Crippen LogP contribution in [0.25, 0.3) is 0 Å². The molecule has 1 saturated heterocycles. The second-order valence-corrected chi connectivity index (χ2v) is 12.2. The fourth-order valence-electron chi connectivity index (χ4n) is 4.75. The van der Waals surface area contributed by atoms with Gasteiger partial charge in [-0.2, -0.15) is 0 Å². The van der Waals surface area contributed by atoms with Gasteiger partial charge in [0.1, 0.15) is 11.9 Å². The molecular weight excluding hydrogens is 573 g/mol. The Morgan fingerprint density at radius 2 is 1.71 bits per heavy atom. The molecule has 0 aromatic heterocycles. The fraction of sp³-hybridized carbons (Fsp3) is 0.286. The van der Waals surface area contributed by atoms with Crippen LogP contribution in [-0.2, 0) is 19.6 Å². The number of carbonyl (C=O) groups is 2. The van der Waals surface area contributed by atoms with Gasteiger partial charge in [0.25, 0.3) is 10.0 Å². The van der Waals surface area contributed by atoms with Crippen molar-refractivity contribution in [1.82, 2.24) is 10.2 Å². The highest BCUT2D eigenvalue weighted by Gasteiger charge is 2.36. The van der Waals surface area contributed by atoms with Crippen molar-refractivity contribution in [3.05, 3.63) is 93.2 Å². The van der Waals surface area contributed by atoms with Crippen molar-refractivity contribution in [2.45, 2.75) is 38.1 Å². The summed E-state index contributed by atoms with van der Waals surface area (Å²) in [7, 11) is -4.00. The average Bonchev–Trinajstić information content (AvgIpc) is 2.84. The Morgan fingerprint density at radius 3 is 2.34 bits per heavy atom. The molecule has 7 nitrogen and oxygen atoms in total. The second-order valence-electron chi connectivity index (χ2n) is 9.41. The molecule has 1 unspecified atom stereocenters. The summed E-state index contributed by atoms with van der Waals surface area (Å²) in [6.45, 7) is 5.87. The van der Waals surface area contributed by atoms with Gasteiger partial charge in [0.15, 0.2) is 0 Å². The van der Waals surface area contributed by atoms with Crippen LogP contribution < -0.4 is 9.62 Å². The molecule has 0 bridgehead atoms. The van der Waals surface area contributed by atoms with Crippen LogP contribution in [0.1, 0.15) is 34.7 Å². The first-order valence-corrected chi connectivity index (χ1v) is 14.4. The Bertz CT molecular complexity index is 1460. The van der Waals surface area contributed by atoms with Gasteiger partial charge in [0.2, 0.25) is 11.8 Å². The predicted molar refractivity (Wildman–Crippen MR) is 148 cm³/mol. The summed E-state index contributed by atoms with van der Waals surface area (Å²) in [5.41, 5.74) is 3.33. The minimum atomic E-state index is -4.00. The van der Waals surface area contributed by atoms with Gasteiger partial charge >= 0.3 is 0 Å². The van der Waals surface area contributed by atoms with Crippen LogP contribution in [0.2, 0.25) is 0 Å². The maximum absolute atomic E-state index is 13.8. The molecule has 200 valence electrons. The van der Waals surface area contributed by atoms with Gasteiger partial charge in [-0.3, -0.25) is 13.9 Å². The molecule has 1 heterocycles. The summed E-state index contributed by atoms with van der Waals surface area (Å²) in [4.78, 5) is 27.9. The van der Waals surface area contributed by atoms with Crippen molar-refractivity contribution in [3.8, 4) is 0 Å². The third-order valence-electron chi connectivity index (χ3n) is 6.48. The molecule has 3 aromatic carbocycles. The molecule has 1 atom stereocenters. The number of hydrogen-bond acceptors (Lipinski definition) is 4. The summed E-state index contributed by atoms with van der Waals surface area (Å²) >= 11 is 3.33. The number of anilines is 1. The van der Waals surface area contributed by atoms with E-state index in [1.165, 1.54) is 39.5 Å². The van der Waals surface area contributed by atoms with E-state index in [2.05, 4.69) is 21.2 Å². The van der Waals surface area contributed by atoms with E-state index in [0.717, 1.165) is 15.6 Å². The summed E-state index contributed by atoms with van der Waals surface area (Å²) < 4.78 is 43.2. The lowest BCUT2D eigenvalue weighted by Gasteiger charge is -2.36. The number of nitrogens with one attached hydrogen (secondary N) is 1. The summed E-state index contributed by atoms with van der Waals surface area (Å²) in [6.07, 6.45) is -0.146. The van der Waals surface area contributed by atoms with Crippen LogP contribution >= 0.6 is 15.9 Å². The highest BCUT2D eigenvalue weighted by atomic mass is 79.9. The van der Waals surface area contributed by atoms with Gasteiger partial charge in [-0.05, 0) is 91.6 Å². The number of nitrogens with zero attached hydrogens (tertiary/aromatic N) is 2. The Hall–Kier alpha value is -3.24. The molecule has 2 amide bonds. The van der Waals surface area contributed by atoms with Gasteiger partial charge in [-0.25, -0.2) is 12.8 Å². The summed E-state index contributed by atoms with van der Waals surface area (Å²) in [5, 5.41) is 2.77. The van der Waals surface area contributed by atoms with Crippen LogP contribution in [0.4, 0.5) is 10.1 Å². The smallest absolute Gasteiger partial charge is 0.264 e. The Balaban J connectivity index is 1.66. The summed E-state index contributed by atoms with van der Waals surface area (Å²) in [5.74, 6) is -1.15. The molecule has 0 aliphatic carbocycles. The topological polar surface area (TPSA) is 86.8 Å². The lowest BCUT2D eigenvalue weighted by molar-refractivity contribution is -0.143. The maximum Gasteiger partial charge on any atom is 0.264 e. The molecule has 1 N–H and O–H groups in total. The first kappa shape index (κ1) is 27.8. The number of aryl methyl sites for hydroxylation is 3. The first-order valence-electron chi connectivity index (χ1n) is 12.2. The standard InChI is InChI=1S/C28H29BrFN3O4S/c1-18-14-19(2)16-23(15-18)33(38(36,37)24-7-4-21(29)5-8-24)12-10-26(34)32-13-11-31-28(35)27(32)25-9-6-22(30)17-20(25)3/h4-9,14-17,27H,10-13H2,1-3H3,(H,31,35).